The largest absolute Gasteiger partial charge is 0.510 e. The second kappa shape index (κ2) is 9.97. The van der Waals surface area contributed by atoms with E-state index in [1.807, 2.05) is 20.8 Å². The van der Waals surface area contributed by atoms with E-state index in [4.69, 9.17) is 5.73 Å². The number of aliphatic hydroxyl groups is 3. The van der Waals surface area contributed by atoms with Gasteiger partial charge < -0.3 is 31.5 Å². The minimum atomic E-state index is -2.71. The van der Waals surface area contributed by atoms with Gasteiger partial charge in [0.15, 0.2) is 17.1 Å². The standard InChI is InChI=1S/C29H38N4O8/c1-28(2,3)23(33(6)7)27(40)31-15-9-8-12-10-13-11-14-19(32(4)5)22(36)18(26(30)39)25(38)29(14,41)24(37)17(13)21(35)16(12)20(15)34/h8-9,13-14,19,23,34,36-37,41H,10-11H2,1-7H3,(H2,30,39)(H,31,40)/t13?,14?,19-,23?,29?/m0/s1. The Morgan fingerprint density at radius 2 is 1.71 bits per heavy atom. The van der Waals surface area contributed by atoms with Crippen LogP contribution in [0.4, 0.5) is 5.69 Å². The fourth-order valence-corrected chi connectivity index (χ4v) is 6.93. The van der Waals surface area contributed by atoms with Gasteiger partial charge in [-0.1, -0.05) is 26.8 Å². The van der Waals surface area contributed by atoms with E-state index in [1.165, 1.54) is 11.0 Å². The van der Waals surface area contributed by atoms with E-state index in [0.717, 1.165) is 0 Å². The van der Waals surface area contributed by atoms with Crippen LogP contribution < -0.4 is 11.1 Å². The predicted molar refractivity (Wildman–Crippen MR) is 149 cm³/mol. The summed E-state index contributed by atoms with van der Waals surface area (Å²) < 4.78 is 0. The van der Waals surface area contributed by atoms with Crippen molar-refractivity contribution in [2.45, 2.75) is 51.3 Å². The predicted octanol–water partition coefficient (Wildman–Crippen LogP) is 1.04. The number of fused-ring (bicyclic) bond motifs is 3. The van der Waals surface area contributed by atoms with Crippen LogP contribution in [0, 0.1) is 17.3 Å². The molecular formula is C29H38N4O8. The normalized spacial score (nSPS) is 27.0. The summed E-state index contributed by atoms with van der Waals surface area (Å²) in [5.74, 6) is -7.62. The number of Topliss-reactive ketones (excluding diaryl/α,β-unsaturated/α-hetero) is 2. The quantitative estimate of drug-likeness (QED) is 0.220. The number of likely N-dealkylation sites (N-methyl/N-ethyl adjacent to an activating group) is 2. The summed E-state index contributed by atoms with van der Waals surface area (Å²) in [5.41, 5.74) is 1.37. The van der Waals surface area contributed by atoms with Crippen LogP contribution in [0.1, 0.15) is 43.1 Å². The monoisotopic (exact) mass is 570 g/mol. The molecule has 1 aromatic carbocycles. The summed E-state index contributed by atoms with van der Waals surface area (Å²) in [6.45, 7) is 5.70. The first kappa shape index (κ1) is 30.2. The zero-order valence-electron chi connectivity index (χ0n) is 24.3. The molecule has 0 aromatic heterocycles. The van der Waals surface area contributed by atoms with Crippen LogP contribution in [0.25, 0.3) is 0 Å². The van der Waals surface area contributed by atoms with Gasteiger partial charge in [-0.05, 0) is 64.0 Å². The van der Waals surface area contributed by atoms with Gasteiger partial charge in [0.25, 0.3) is 5.91 Å². The van der Waals surface area contributed by atoms with Gasteiger partial charge >= 0.3 is 0 Å². The van der Waals surface area contributed by atoms with Gasteiger partial charge in [-0.25, -0.2) is 0 Å². The molecule has 12 heteroatoms. The number of primary amides is 1. The number of anilines is 1. The number of carbonyl (C=O) groups excluding carboxylic acids is 4. The van der Waals surface area contributed by atoms with Crippen molar-refractivity contribution >= 4 is 29.1 Å². The Morgan fingerprint density at radius 3 is 2.22 bits per heavy atom. The first-order valence-corrected chi connectivity index (χ1v) is 13.3. The van der Waals surface area contributed by atoms with Gasteiger partial charge in [0, 0.05) is 11.5 Å². The van der Waals surface area contributed by atoms with E-state index >= 15 is 0 Å². The number of nitrogens with zero attached hydrogens (tertiary/aromatic N) is 2. The van der Waals surface area contributed by atoms with E-state index in [9.17, 15) is 39.6 Å². The number of allylic oxidation sites excluding steroid dienone is 1. The minimum absolute atomic E-state index is 0.00110. The van der Waals surface area contributed by atoms with Crippen molar-refractivity contribution in [1.29, 1.82) is 0 Å². The maximum atomic E-state index is 13.9. The van der Waals surface area contributed by atoms with Crippen LogP contribution in [-0.4, -0.2) is 99.5 Å². The molecule has 0 fully saturated rings. The van der Waals surface area contributed by atoms with E-state index in [2.05, 4.69) is 5.32 Å². The molecule has 4 unspecified atom stereocenters. The minimum Gasteiger partial charge on any atom is -0.510 e. The Morgan fingerprint density at radius 1 is 1.10 bits per heavy atom. The van der Waals surface area contributed by atoms with Crippen LogP contribution in [0.5, 0.6) is 5.75 Å². The zero-order chi connectivity index (χ0) is 30.9. The number of aromatic hydroxyl groups is 1. The molecular weight excluding hydrogens is 532 g/mol. The maximum absolute atomic E-state index is 13.9. The van der Waals surface area contributed by atoms with Crippen LogP contribution in [0.2, 0.25) is 0 Å². The van der Waals surface area contributed by atoms with Crippen molar-refractivity contribution < 1.29 is 39.6 Å². The molecule has 12 nitrogen and oxygen atoms in total. The van der Waals surface area contributed by atoms with Crippen molar-refractivity contribution in [1.82, 2.24) is 9.80 Å². The number of nitrogens with one attached hydrogen (secondary N) is 1. The lowest BCUT2D eigenvalue weighted by molar-refractivity contribution is -0.148. The Labute approximate surface area is 238 Å². The fourth-order valence-electron chi connectivity index (χ4n) is 6.93. The lowest BCUT2D eigenvalue weighted by Crippen LogP contribution is -2.63. The SMILES string of the molecule is CN(C)C(C(=O)Nc1ccc2c(c1O)C(=O)C1=C(O)C3(O)C(=O)C(C(N)=O)=C(O)[C@@H](N(C)C)C3CC1C2)C(C)(C)C. The Balaban J connectivity index is 1.82. The Kier molecular flexibility index (Phi) is 7.35. The lowest BCUT2D eigenvalue weighted by atomic mass is 9.58. The summed E-state index contributed by atoms with van der Waals surface area (Å²) >= 11 is 0. The summed E-state index contributed by atoms with van der Waals surface area (Å²) in [4.78, 5) is 55.8. The molecule has 4 rings (SSSR count). The summed E-state index contributed by atoms with van der Waals surface area (Å²) in [5, 5.41) is 47.8. The molecule has 0 spiro atoms. The zero-order valence-corrected chi connectivity index (χ0v) is 24.3. The van der Waals surface area contributed by atoms with Gasteiger partial charge in [-0.2, -0.15) is 0 Å². The third-order valence-electron chi connectivity index (χ3n) is 8.44. The summed E-state index contributed by atoms with van der Waals surface area (Å²) in [7, 11) is 6.66. The highest BCUT2D eigenvalue weighted by molar-refractivity contribution is 6.25. The maximum Gasteiger partial charge on any atom is 0.255 e. The van der Waals surface area contributed by atoms with Gasteiger partial charge in [-0.3, -0.25) is 29.0 Å². The van der Waals surface area contributed by atoms with Crippen LogP contribution in [0.3, 0.4) is 0 Å². The molecule has 3 aliphatic rings. The number of amides is 2. The molecule has 0 bridgehead atoms. The summed E-state index contributed by atoms with van der Waals surface area (Å²) in [6, 6.07) is 1.49. The number of phenolic OH excluding ortho intramolecular Hbond substituents is 1. The molecule has 0 radical (unpaired) electrons. The number of nitrogens with two attached hydrogens (primary N) is 1. The molecule has 5 atom stereocenters. The molecule has 0 aliphatic heterocycles. The second-order valence-corrected chi connectivity index (χ2v) is 12.7. The number of hydrogen-bond donors (Lipinski definition) is 6. The fraction of sp³-hybridized carbons (Fsp3) is 0.517. The molecule has 7 N–H and O–H groups in total. The Bertz CT molecular complexity index is 1420. The number of benzene rings is 1. The number of rotatable bonds is 5. The molecule has 41 heavy (non-hydrogen) atoms. The first-order chi connectivity index (χ1) is 18.8. The van der Waals surface area contributed by atoms with E-state index < -0.39 is 81.2 Å². The molecule has 1 aromatic rings. The van der Waals surface area contributed by atoms with Crippen molar-refractivity contribution in [2.24, 2.45) is 23.0 Å². The average molecular weight is 571 g/mol. The lowest BCUT2D eigenvalue weighted by Gasteiger charge is -2.50. The van der Waals surface area contributed by atoms with E-state index in [0.29, 0.717) is 5.56 Å². The topological polar surface area (TPSA) is 194 Å². The molecule has 222 valence electrons. The number of aliphatic hydroxyl groups excluding tert-OH is 2. The third kappa shape index (κ3) is 4.50. The molecule has 2 amide bonds. The van der Waals surface area contributed by atoms with Gasteiger partial charge in [0.05, 0.1) is 23.3 Å². The highest BCUT2D eigenvalue weighted by atomic mass is 16.3. The van der Waals surface area contributed by atoms with Crippen molar-refractivity contribution in [2.75, 3.05) is 33.5 Å². The van der Waals surface area contributed by atoms with Crippen molar-refractivity contribution in [3.05, 3.63) is 45.9 Å². The van der Waals surface area contributed by atoms with Crippen molar-refractivity contribution in [3.63, 3.8) is 0 Å². The number of phenols is 1. The first-order valence-electron chi connectivity index (χ1n) is 13.3. The molecule has 0 saturated carbocycles. The smallest absolute Gasteiger partial charge is 0.255 e. The average Bonchev–Trinajstić information content (AvgIpc) is 2.81. The molecule has 0 saturated heterocycles. The summed E-state index contributed by atoms with van der Waals surface area (Å²) in [6.07, 6.45) is 0.166. The highest BCUT2D eigenvalue weighted by Crippen LogP contribution is 2.52. The van der Waals surface area contributed by atoms with E-state index in [1.54, 1.807) is 39.2 Å². The highest BCUT2D eigenvalue weighted by Gasteiger charge is 2.63. The number of carbonyl (C=O) groups is 4. The van der Waals surface area contributed by atoms with Gasteiger partial charge in [0.1, 0.15) is 17.1 Å². The number of ketones is 2. The van der Waals surface area contributed by atoms with Crippen LogP contribution in [-0.2, 0) is 20.8 Å². The Hall–Kier alpha value is -3.74. The van der Waals surface area contributed by atoms with Crippen LogP contribution >= 0.6 is 0 Å². The third-order valence-corrected chi connectivity index (χ3v) is 8.44. The van der Waals surface area contributed by atoms with E-state index in [-0.39, 0.29) is 29.7 Å². The van der Waals surface area contributed by atoms with Gasteiger partial charge in [-0.15, -0.1) is 0 Å². The van der Waals surface area contributed by atoms with Crippen molar-refractivity contribution in [3.8, 4) is 5.75 Å². The number of hydrogen-bond acceptors (Lipinski definition) is 10. The molecule has 3 aliphatic carbocycles. The van der Waals surface area contributed by atoms with Gasteiger partial charge in [0.2, 0.25) is 11.7 Å². The second-order valence-electron chi connectivity index (χ2n) is 12.7. The van der Waals surface area contributed by atoms with Crippen LogP contribution in [0.15, 0.2) is 34.8 Å². The molecule has 0 heterocycles.